The van der Waals surface area contributed by atoms with Crippen LogP contribution in [0.15, 0.2) is 30.5 Å². The molecule has 1 aliphatic carbocycles. The molecule has 0 atom stereocenters. The van der Waals surface area contributed by atoms with Crippen molar-refractivity contribution in [1.29, 1.82) is 5.26 Å². The van der Waals surface area contributed by atoms with Crippen LogP contribution in [0.3, 0.4) is 0 Å². The van der Waals surface area contributed by atoms with Crippen LogP contribution in [0.4, 0.5) is 11.5 Å². The van der Waals surface area contributed by atoms with E-state index in [0.717, 1.165) is 5.82 Å². The van der Waals surface area contributed by atoms with E-state index in [1.807, 2.05) is 6.20 Å². The van der Waals surface area contributed by atoms with E-state index in [9.17, 15) is 14.9 Å². The molecular weight excluding hydrogens is 402 g/mol. The summed E-state index contributed by atoms with van der Waals surface area (Å²) in [5.74, 6) is 1.49. The number of nitrogens with zero attached hydrogens (tertiary/aromatic N) is 5. The van der Waals surface area contributed by atoms with Crippen molar-refractivity contribution in [2.24, 2.45) is 0 Å². The van der Waals surface area contributed by atoms with Crippen molar-refractivity contribution in [1.82, 2.24) is 9.88 Å². The standard InChI is InChI=1S/C25H29N5O2/c1-4-23(31)28(3)21-7-8-22(19(14-21)15-26)25(32)30-11-9-29(10-12-30)24-17(2)13-20(16-27-24)18-5-6-18/h7-8,13-14,16,18H,4-6,9-12H2,1-3H3. The van der Waals surface area contributed by atoms with E-state index in [1.165, 1.54) is 28.9 Å². The maximum absolute atomic E-state index is 13.1. The number of aryl methyl sites for hydroxylation is 1. The molecule has 2 aliphatic rings. The Labute approximate surface area is 189 Å². The number of benzene rings is 1. The van der Waals surface area contributed by atoms with Gasteiger partial charge in [0.1, 0.15) is 11.9 Å². The van der Waals surface area contributed by atoms with Crippen molar-refractivity contribution in [2.45, 2.75) is 39.0 Å². The summed E-state index contributed by atoms with van der Waals surface area (Å²) in [6, 6.07) is 9.37. The van der Waals surface area contributed by atoms with Crippen molar-refractivity contribution in [3.63, 3.8) is 0 Å². The van der Waals surface area contributed by atoms with Gasteiger partial charge in [0.25, 0.3) is 5.91 Å². The molecule has 1 saturated heterocycles. The molecule has 2 fully saturated rings. The number of amides is 2. The molecule has 0 unspecified atom stereocenters. The summed E-state index contributed by atoms with van der Waals surface area (Å²) in [6.45, 7) is 6.45. The number of aromatic nitrogens is 1. The number of pyridine rings is 1. The number of hydrogen-bond acceptors (Lipinski definition) is 5. The second-order valence-electron chi connectivity index (χ2n) is 8.61. The summed E-state index contributed by atoms with van der Waals surface area (Å²) in [5, 5.41) is 9.61. The van der Waals surface area contributed by atoms with Crippen molar-refractivity contribution < 1.29 is 9.59 Å². The fourth-order valence-electron chi connectivity index (χ4n) is 4.25. The van der Waals surface area contributed by atoms with Gasteiger partial charge in [-0.2, -0.15) is 5.26 Å². The summed E-state index contributed by atoms with van der Waals surface area (Å²) in [5.41, 5.74) is 3.80. The van der Waals surface area contributed by atoms with E-state index < -0.39 is 0 Å². The van der Waals surface area contributed by atoms with Crippen LogP contribution < -0.4 is 9.80 Å². The van der Waals surface area contributed by atoms with Gasteiger partial charge in [-0.3, -0.25) is 9.59 Å². The Morgan fingerprint density at radius 2 is 1.91 bits per heavy atom. The molecule has 2 aromatic rings. The first kappa shape index (κ1) is 21.8. The normalized spacial score (nSPS) is 15.9. The van der Waals surface area contributed by atoms with Gasteiger partial charge in [-0.05, 0) is 55.0 Å². The zero-order valence-corrected chi connectivity index (χ0v) is 19.0. The molecule has 2 amide bonds. The minimum Gasteiger partial charge on any atom is -0.353 e. The van der Waals surface area contributed by atoms with E-state index in [1.54, 1.807) is 37.1 Å². The van der Waals surface area contributed by atoms with Crippen molar-refractivity contribution >= 4 is 23.3 Å². The average molecular weight is 432 g/mol. The number of carbonyl (C=O) groups is 2. The Kier molecular flexibility index (Phi) is 6.13. The van der Waals surface area contributed by atoms with Crippen LogP contribution in [-0.2, 0) is 4.79 Å². The van der Waals surface area contributed by atoms with E-state index in [2.05, 4.69) is 24.0 Å². The molecule has 1 aromatic carbocycles. The number of hydrogen-bond donors (Lipinski definition) is 0. The molecule has 2 heterocycles. The fraction of sp³-hybridized carbons (Fsp3) is 0.440. The Hall–Kier alpha value is -3.40. The first-order chi connectivity index (χ1) is 15.4. The Bertz CT molecular complexity index is 1080. The van der Waals surface area contributed by atoms with Crippen LogP contribution in [0.25, 0.3) is 0 Å². The number of piperazine rings is 1. The lowest BCUT2D eigenvalue weighted by atomic mass is 10.0. The quantitative estimate of drug-likeness (QED) is 0.724. The molecule has 32 heavy (non-hydrogen) atoms. The summed E-state index contributed by atoms with van der Waals surface area (Å²) < 4.78 is 0. The molecule has 1 aromatic heterocycles. The maximum atomic E-state index is 13.1. The van der Waals surface area contributed by atoms with Gasteiger partial charge in [0.15, 0.2) is 0 Å². The van der Waals surface area contributed by atoms with Gasteiger partial charge in [0, 0.05) is 51.5 Å². The first-order valence-corrected chi connectivity index (χ1v) is 11.2. The summed E-state index contributed by atoms with van der Waals surface area (Å²) in [4.78, 5) is 35.4. The molecule has 7 nitrogen and oxygen atoms in total. The Morgan fingerprint density at radius 1 is 1.19 bits per heavy atom. The third kappa shape index (κ3) is 4.31. The van der Waals surface area contributed by atoms with Gasteiger partial charge in [-0.1, -0.05) is 13.0 Å². The molecular formula is C25H29N5O2. The van der Waals surface area contributed by atoms with Gasteiger partial charge in [-0.25, -0.2) is 4.98 Å². The van der Waals surface area contributed by atoms with Crippen LogP contribution >= 0.6 is 0 Å². The summed E-state index contributed by atoms with van der Waals surface area (Å²) in [6.07, 6.45) is 4.90. The molecule has 0 radical (unpaired) electrons. The Balaban J connectivity index is 1.44. The second kappa shape index (κ2) is 8.99. The predicted octanol–water partition coefficient (Wildman–Crippen LogP) is 3.47. The third-order valence-corrected chi connectivity index (χ3v) is 6.40. The number of anilines is 2. The lowest BCUT2D eigenvalue weighted by molar-refractivity contribution is -0.118. The average Bonchev–Trinajstić information content (AvgIpc) is 3.68. The predicted molar refractivity (Wildman–Crippen MR) is 124 cm³/mol. The highest BCUT2D eigenvalue weighted by Crippen LogP contribution is 2.40. The number of rotatable bonds is 5. The van der Waals surface area contributed by atoms with Crippen LogP contribution in [0.5, 0.6) is 0 Å². The van der Waals surface area contributed by atoms with Crippen LogP contribution in [0.1, 0.15) is 59.2 Å². The van der Waals surface area contributed by atoms with E-state index in [0.29, 0.717) is 55.3 Å². The zero-order valence-electron chi connectivity index (χ0n) is 19.0. The monoisotopic (exact) mass is 431 g/mol. The minimum atomic E-state index is -0.147. The third-order valence-electron chi connectivity index (χ3n) is 6.40. The van der Waals surface area contributed by atoms with E-state index in [-0.39, 0.29) is 11.8 Å². The van der Waals surface area contributed by atoms with E-state index >= 15 is 0 Å². The topological polar surface area (TPSA) is 80.5 Å². The van der Waals surface area contributed by atoms with Crippen LogP contribution in [0, 0.1) is 18.3 Å². The SMILES string of the molecule is CCC(=O)N(C)c1ccc(C(=O)N2CCN(c3ncc(C4CC4)cc3C)CC2)c(C#N)c1. The lowest BCUT2D eigenvalue weighted by Crippen LogP contribution is -2.49. The molecule has 166 valence electrons. The fourth-order valence-corrected chi connectivity index (χ4v) is 4.25. The molecule has 1 aliphatic heterocycles. The van der Waals surface area contributed by atoms with Gasteiger partial charge in [0.2, 0.25) is 5.91 Å². The number of carbonyl (C=O) groups excluding carboxylic acids is 2. The van der Waals surface area contributed by atoms with Crippen LogP contribution in [0.2, 0.25) is 0 Å². The smallest absolute Gasteiger partial charge is 0.255 e. The molecule has 0 N–H and O–H groups in total. The van der Waals surface area contributed by atoms with E-state index in [4.69, 9.17) is 4.98 Å². The largest absolute Gasteiger partial charge is 0.353 e. The zero-order chi connectivity index (χ0) is 22.8. The van der Waals surface area contributed by atoms with Gasteiger partial charge in [0.05, 0.1) is 11.1 Å². The summed E-state index contributed by atoms with van der Waals surface area (Å²) in [7, 11) is 1.68. The van der Waals surface area contributed by atoms with Gasteiger partial charge >= 0.3 is 0 Å². The molecule has 4 rings (SSSR count). The van der Waals surface area contributed by atoms with Crippen molar-refractivity contribution in [3.05, 3.63) is 52.7 Å². The van der Waals surface area contributed by atoms with Gasteiger partial charge in [-0.15, -0.1) is 0 Å². The van der Waals surface area contributed by atoms with Crippen molar-refractivity contribution in [3.8, 4) is 6.07 Å². The molecule has 0 bridgehead atoms. The highest BCUT2D eigenvalue weighted by molar-refractivity contribution is 5.98. The second-order valence-corrected chi connectivity index (χ2v) is 8.61. The number of nitriles is 1. The Morgan fingerprint density at radius 3 is 2.50 bits per heavy atom. The highest BCUT2D eigenvalue weighted by Gasteiger charge is 2.27. The van der Waals surface area contributed by atoms with Gasteiger partial charge < -0.3 is 14.7 Å². The minimum absolute atomic E-state index is 0.0434. The maximum Gasteiger partial charge on any atom is 0.255 e. The molecule has 1 saturated carbocycles. The molecule has 7 heteroatoms. The lowest BCUT2D eigenvalue weighted by Gasteiger charge is -2.36. The summed E-state index contributed by atoms with van der Waals surface area (Å²) >= 11 is 0. The highest BCUT2D eigenvalue weighted by atomic mass is 16.2. The first-order valence-electron chi connectivity index (χ1n) is 11.2. The van der Waals surface area contributed by atoms with Crippen molar-refractivity contribution in [2.75, 3.05) is 43.0 Å². The molecule has 0 spiro atoms. The van der Waals surface area contributed by atoms with Crippen LogP contribution in [-0.4, -0.2) is 54.9 Å².